The Hall–Kier alpha value is -2.80. The van der Waals surface area contributed by atoms with E-state index in [0.717, 1.165) is 0 Å². The van der Waals surface area contributed by atoms with Crippen LogP contribution in [0.2, 0.25) is 0 Å². The first-order valence-electron chi connectivity index (χ1n) is 8.84. The van der Waals surface area contributed by atoms with Crippen molar-refractivity contribution in [2.75, 3.05) is 57.2 Å². The molecule has 1 amide bonds. The highest BCUT2D eigenvalue weighted by Gasteiger charge is 2.21. The summed E-state index contributed by atoms with van der Waals surface area (Å²) in [6, 6.07) is 12.0. The molecular formula is C20H24FN3O3. The molecule has 1 aliphatic heterocycles. The number of carbonyl (C=O) groups excluding carboxylic acids is 1. The minimum Gasteiger partial charge on any atom is -0.497 e. The maximum absolute atomic E-state index is 13.9. The van der Waals surface area contributed by atoms with Gasteiger partial charge in [-0.3, -0.25) is 9.69 Å². The van der Waals surface area contributed by atoms with Crippen molar-refractivity contribution >= 4 is 17.3 Å². The van der Waals surface area contributed by atoms with Crippen molar-refractivity contribution in [1.29, 1.82) is 0 Å². The molecule has 1 aliphatic rings. The third-order valence-electron chi connectivity index (χ3n) is 4.62. The Morgan fingerprint density at radius 2 is 1.81 bits per heavy atom. The molecule has 0 unspecified atom stereocenters. The molecular weight excluding hydrogens is 349 g/mol. The van der Waals surface area contributed by atoms with E-state index < -0.39 is 0 Å². The van der Waals surface area contributed by atoms with Crippen molar-refractivity contribution in [1.82, 2.24) is 4.90 Å². The number of carbonyl (C=O) groups is 1. The minimum atomic E-state index is -0.213. The lowest BCUT2D eigenvalue weighted by atomic mass is 10.2. The predicted molar refractivity (Wildman–Crippen MR) is 103 cm³/mol. The van der Waals surface area contributed by atoms with Crippen molar-refractivity contribution in [2.45, 2.75) is 0 Å². The van der Waals surface area contributed by atoms with Crippen LogP contribution < -0.4 is 19.7 Å². The lowest BCUT2D eigenvalue weighted by Gasteiger charge is -2.35. The van der Waals surface area contributed by atoms with E-state index in [9.17, 15) is 9.18 Å². The predicted octanol–water partition coefficient (Wildman–Crippen LogP) is 2.60. The highest BCUT2D eigenvalue weighted by molar-refractivity contribution is 5.93. The number of amides is 1. The Balaban J connectivity index is 1.53. The summed E-state index contributed by atoms with van der Waals surface area (Å²) in [5.41, 5.74) is 1.22. The quantitative estimate of drug-likeness (QED) is 0.844. The summed E-state index contributed by atoms with van der Waals surface area (Å²) < 4.78 is 24.4. The SMILES string of the molecule is COc1ccc(NC(=O)CN2CCN(c3ccccc3F)CC2)c(OC)c1. The third-order valence-corrected chi connectivity index (χ3v) is 4.62. The van der Waals surface area contributed by atoms with Gasteiger partial charge in [0.1, 0.15) is 17.3 Å². The molecule has 144 valence electrons. The first-order chi connectivity index (χ1) is 13.1. The number of nitrogens with one attached hydrogen (secondary N) is 1. The van der Waals surface area contributed by atoms with Crippen molar-refractivity contribution in [3.05, 3.63) is 48.3 Å². The van der Waals surface area contributed by atoms with Crippen molar-refractivity contribution in [2.24, 2.45) is 0 Å². The molecule has 0 radical (unpaired) electrons. The Bertz CT molecular complexity index is 792. The van der Waals surface area contributed by atoms with Crippen LogP contribution in [0.4, 0.5) is 15.8 Å². The van der Waals surface area contributed by atoms with E-state index in [1.54, 1.807) is 44.6 Å². The number of anilines is 2. The van der Waals surface area contributed by atoms with E-state index in [-0.39, 0.29) is 18.3 Å². The molecule has 1 N–H and O–H groups in total. The molecule has 0 aromatic heterocycles. The van der Waals surface area contributed by atoms with Crippen LogP contribution in [0.15, 0.2) is 42.5 Å². The fourth-order valence-electron chi connectivity index (χ4n) is 3.15. The summed E-state index contributed by atoms with van der Waals surface area (Å²) in [5, 5.41) is 2.88. The highest BCUT2D eigenvalue weighted by atomic mass is 19.1. The molecule has 0 atom stereocenters. The maximum Gasteiger partial charge on any atom is 0.238 e. The van der Waals surface area contributed by atoms with Crippen LogP contribution in [0.1, 0.15) is 0 Å². The second-order valence-corrected chi connectivity index (χ2v) is 6.33. The van der Waals surface area contributed by atoms with E-state index in [4.69, 9.17) is 9.47 Å². The number of ether oxygens (including phenoxy) is 2. The van der Waals surface area contributed by atoms with E-state index in [0.29, 0.717) is 49.1 Å². The van der Waals surface area contributed by atoms with Gasteiger partial charge in [0.2, 0.25) is 5.91 Å². The zero-order valence-electron chi connectivity index (χ0n) is 15.6. The van der Waals surface area contributed by atoms with Crippen molar-refractivity contribution < 1.29 is 18.7 Å². The van der Waals surface area contributed by atoms with Gasteiger partial charge in [-0.2, -0.15) is 0 Å². The molecule has 0 saturated carbocycles. The fraction of sp³-hybridized carbons (Fsp3) is 0.350. The Morgan fingerprint density at radius 3 is 2.48 bits per heavy atom. The first kappa shape index (κ1) is 19.0. The first-order valence-corrected chi connectivity index (χ1v) is 8.84. The summed E-state index contributed by atoms with van der Waals surface area (Å²) in [7, 11) is 3.13. The van der Waals surface area contributed by atoms with Gasteiger partial charge in [0.25, 0.3) is 0 Å². The van der Waals surface area contributed by atoms with E-state index in [1.165, 1.54) is 6.07 Å². The van der Waals surface area contributed by atoms with Gasteiger partial charge >= 0.3 is 0 Å². The fourth-order valence-corrected chi connectivity index (χ4v) is 3.15. The van der Waals surface area contributed by atoms with Crippen LogP contribution in [0.5, 0.6) is 11.5 Å². The molecule has 27 heavy (non-hydrogen) atoms. The number of nitrogens with zero attached hydrogens (tertiary/aromatic N) is 2. The van der Waals surface area contributed by atoms with E-state index in [1.807, 2.05) is 11.0 Å². The molecule has 1 fully saturated rings. The van der Waals surface area contributed by atoms with E-state index in [2.05, 4.69) is 10.2 Å². The summed E-state index contributed by atoms with van der Waals surface area (Å²) in [5.74, 6) is 0.884. The number of hydrogen-bond acceptors (Lipinski definition) is 5. The molecule has 0 spiro atoms. The van der Waals surface area contributed by atoms with Gasteiger partial charge in [-0.15, -0.1) is 0 Å². The van der Waals surface area contributed by atoms with Crippen LogP contribution in [-0.4, -0.2) is 57.8 Å². The summed E-state index contributed by atoms with van der Waals surface area (Å²) >= 11 is 0. The van der Waals surface area contributed by atoms with Crippen LogP contribution in [0.25, 0.3) is 0 Å². The summed E-state index contributed by atoms with van der Waals surface area (Å²) in [6.45, 7) is 3.03. The molecule has 2 aromatic rings. The zero-order valence-corrected chi connectivity index (χ0v) is 15.6. The van der Waals surface area contributed by atoms with Gasteiger partial charge in [-0.25, -0.2) is 4.39 Å². The maximum atomic E-state index is 13.9. The topological polar surface area (TPSA) is 54.0 Å². The number of methoxy groups -OCH3 is 2. The number of hydrogen-bond donors (Lipinski definition) is 1. The Morgan fingerprint density at radius 1 is 1.07 bits per heavy atom. The average Bonchev–Trinajstić information content (AvgIpc) is 2.69. The highest BCUT2D eigenvalue weighted by Crippen LogP contribution is 2.29. The van der Waals surface area contributed by atoms with Gasteiger partial charge in [0.15, 0.2) is 0 Å². The smallest absolute Gasteiger partial charge is 0.238 e. The molecule has 7 heteroatoms. The molecule has 0 bridgehead atoms. The Kier molecular flexibility index (Phi) is 6.13. The van der Waals surface area contributed by atoms with Crippen LogP contribution in [0.3, 0.4) is 0 Å². The second kappa shape index (κ2) is 8.73. The van der Waals surface area contributed by atoms with Crippen LogP contribution in [-0.2, 0) is 4.79 Å². The van der Waals surface area contributed by atoms with Gasteiger partial charge < -0.3 is 19.7 Å². The number of piperazine rings is 1. The Labute approximate surface area is 158 Å². The standard InChI is InChI=1S/C20H24FN3O3/c1-26-15-7-8-17(19(13-15)27-2)22-20(25)14-23-9-11-24(12-10-23)18-6-4-3-5-16(18)21/h3-8,13H,9-12,14H2,1-2H3,(H,22,25). The number of benzene rings is 2. The molecule has 0 aliphatic carbocycles. The molecule has 1 heterocycles. The molecule has 2 aromatic carbocycles. The zero-order chi connectivity index (χ0) is 19.2. The summed E-state index contributed by atoms with van der Waals surface area (Å²) in [6.07, 6.45) is 0. The average molecular weight is 373 g/mol. The van der Waals surface area contributed by atoms with Crippen LogP contribution in [0, 0.1) is 5.82 Å². The largest absolute Gasteiger partial charge is 0.497 e. The lowest BCUT2D eigenvalue weighted by Crippen LogP contribution is -2.48. The lowest BCUT2D eigenvalue weighted by molar-refractivity contribution is -0.117. The van der Waals surface area contributed by atoms with Gasteiger partial charge in [-0.05, 0) is 24.3 Å². The van der Waals surface area contributed by atoms with Gasteiger partial charge in [0.05, 0.1) is 32.1 Å². The number of para-hydroxylation sites is 1. The van der Waals surface area contributed by atoms with Crippen molar-refractivity contribution in [3.63, 3.8) is 0 Å². The number of halogens is 1. The normalized spacial score (nSPS) is 14.7. The van der Waals surface area contributed by atoms with E-state index >= 15 is 0 Å². The number of rotatable bonds is 6. The molecule has 1 saturated heterocycles. The minimum absolute atomic E-state index is 0.113. The molecule has 3 rings (SSSR count). The van der Waals surface area contributed by atoms with Crippen molar-refractivity contribution in [3.8, 4) is 11.5 Å². The van der Waals surface area contributed by atoms with Gasteiger partial charge in [-0.1, -0.05) is 12.1 Å². The third kappa shape index (κ3) is 4.68. The van der Waals surface area contributed by atoms with Gasteiger partial charge in [0, 0.05) is 32.2 Å². The molecule has 6 nitrogen and oxygen atoms in total. The second-order valence-electron chi connectivity index (χ2n) is 6.33. The summed E-state index contributed by atoms with van der Waals surface area (Å²) in [4.78, 5) is 16.5. The monoisotopic (exact) mass is 373 g/mol. The van der Waals surface area contributed by atoms with Crippen LogP contribution >= 0.6 is 0 Å².